The Kier molecular flexibility index (Phi) is 5.09. The molecule has 6 heteroatoms. The van der Waals surface area contributed by atoms with Crippen LogP contribution >= 0.6 is 11.3 Å². The van der Waals surface area contributed by atoms with E-state index in [-0.39, 0.29) is 5.91 Å². The standard InChI is InChI=1S/C13H18N4OS/c1-2-3-5-12(18)14-8-6-11-10-19-13(16-11)17-9-4-7-15-17/h4,7,9-10H,2-3,5-6,8H2,1H3,(H,14,18). The van der Waals surface area contributed by atoms with Gasteiger partial charge in [-0.15, -0.1) is 11.3 Å². The van der Waals surface area contributed by atoms with Gasteiger partial charge in [0, 0.05) is 37.2 Å². The van der Waals surface area contributed by atoms with Crippen LogP contribution in [0.25, 0.3) is 5.13 Å². The fourth-order valence-corrected chi connectivity index (χ4v) is 2.45. The molecule has 5 nitrogen and oxygen atoms in total. The molecule has 0 unspecified atom stereocenters. The predicted molar refractivity (Wildman–Crippen MR) is 75.5 cm³/mol. The molecule has 2 aromatic heterocycles. The molecule has 0 radical (unpaired) electrons. The van der Waals surface area contributed by atoms with Crippen molar-refractivity contribution in [3.63, 3.8) is 0 Å². The van der Waals surface area contributed by atoms with Crippen molar-refractivity contribution in [2.24, 2.45) is 0 Å². The maximum absolute atomic E-state index is 11.4. The number of hydrogen-bond donors (Lipinski definition) is 1. The zero-order valence-corrected chi connectivity index (χ0v) is 11.8. The van der Waals surface area contributed by atoms with Crippen LogP contribution in [0.4, 0.5) is 0 Å². The number of unbranched alkanes of at least 4 members (excludes halogenated alkanes) is 1. The molecule has 0 bridgehead atoms. The van der Waals surface area contributed by atoms with Crippen LogP contribution in [0, 0.1) is 0 Å². The number of carbonyl (C=O) groups is 1. The van der Waals surface area contributed by atoms with Gasteiger partial charge in [0.1, 0.15) is 0 Å². The Hall–Kier alpha value is -1.69. The summed E-state index contributed by atoms with van der Waals surface area (Å²) < 4.78 is 1.74. The average Bonchev–Trinajstić information content (AvgIpc) is 3.06. The largest absolute Gasteiger partial charge is 0.356 e. The van der Waals surface area contributed by atoms with Gasteiger partial charge < -0.3 is 5.32 Å². The first kappa shape index (κ1) is 13.7. The van der Waals surface area contributed by atoms with E-state index in [1.807, 2.05) is 17.6 Å². The third kappa shape index (κ3) is 4.17. The fraction of sp³-hybridized carbons (Fsp3) is 0.462. The van der Waals surface area contributed by atoms with E-state index in [0.717, 1.165) is 30.1 Å². The highest BCUT2D eigenvalue weighted by molar-refractivity contribution is 7.12. The number of aromatic nitrogens is 3. The molecular weight excluding hydrogens is 260 g/mol. The minimum atomic E-state index is 0.129. The van der Waals surface area contributed by atoms with Crippen LogP contribution in [0.2, 0.25) is 0 Å². The average molecular weight is 278 g/mol. The predicted octanol–water partition coefficient (Wildman–Crippen LogP) is 2.18. The summed E-state index contributed by atoms with van der Waals surface area (Å²) in [6, 6.07) is 1.87. The first-order chi connectivity index (χ1) is 9.29. The van der Waals surface area contributed by atoms with Gasteiger partial charge in [-0.1, -0.05) is 13.3 Å². The van der Waals surface area contributed by atoms with Gasteiger partial charge in [-0.25, -0.2) is 9.67 Å². The highest BCUT2D eigenvalue weighted by Gasteiger charge is 2.05. The van der Waals surface area contributed by atoms with Crippen LogP contribution in [0.15, 0.2) is 23.8 Å². The van der Waals surface area contributed by atoms with E-state index in [1.54, 1.807) is 22.2 Å². The Labute approximate surface area is 116 Å². The van der Waals surface area contributed by atoms with Crippen molar-refractivity contribution >= 4 is 17.2 Å². The van der Waals surface area contributed by atoms with E-state index in [9.17, 15) is 4.79 Å². The Morgan fingerprint density at radius 3 is 3.16 bits per heavy atom. The topological polar surface area (TPSA) is 59.8 Å². The van der Waals surface area contributed by atoms with Gasteiger partial charge in [-0.2, -0.15) is 5.10 Å². The van der Waals surface area contributed by atoms with E-state index in [4.69, 9.17) is 0 Å². The van der Waals surface area contributed by atoms with E-state index in [0.29, 0.717) is 13.0 Å². The van der Waals surface area contributed by atoms with Crippen LogP contribution in [0.1, 0.15) is 31.9 Å². The third-order valence-corrected chi connectivity index (χ3v) is 3.58. The molecule has 2 aromatic rings. The highest BCUT2D eigenvalue weighted by Crippen LogP contribution is 2.13. The lowest BCUT2D eigenvalue weighted by Crippen LogP contribution is -2.25. The van der Waals surface area contributed by atoms with Crippen molar-refractivity contribution < 1.29 is 4.79 Å². The fourth-order valence-electron chi connectivity index (χ4n) is 1.65. The molecule has 102 valence electrons. The first-order valence-electron chi connectivity index (χ1n) is 6.50. The normalized spacial score (nSPS) is 10.6. The minimum absolute atomic E-state index is 0.129. The molecule has 19 heavy (non-hydrogen) atoms. The molecule has 0 saturated carbocycles. The van der Waals surface area contributed by atoms with E-state index in [2.05, 4.69) is 22.3 Å². The molecule has 2 rings (SSSR count). The maximum Gasteiger partial charge on any atom is 0.220 e. The van der Waals surface area contributed by atoms with Gasteiger partial charge in [0.15, 0.2) is 0 Å². The highest BCUT2D eigenvalue weighted by atomic mass is 32.1. The second-order valence-electron chi connectivity index (χ2n) is 4.28. The summed E-state index contributed by atoms with van der Waals surface area (Å²) in [5, 5.41) is 9.92. The van der Waals surface area contributed by atoms with Crippen molar-refractivity contribution in [1.29, 1.82) is 0 Å². The molecule has 1 amide bonds. The van der Waals surface area contributed by atoms with E-state index in [1.165, 1.54) is 0 Å². The van der Waals surface area contributed by atoms with Crippen LogP contribution < -0.4 is 5.32 Å². The van der Waals surface area contributed by atoms with Crippen molar-refractivity contribution in [3.05, 3.63) is 29.5 Å². The Morgan fingerprint density at radius 2 is 2.42 bits per heavy atom. The summed E-state index contributed by atoms with van der Waals surface area (Å²) in [6.45, 7) is 2.73. The molecular formula is C13H18N4OS. The van der Waals surface area contributed by atoms with Gasteiger partial charge in [-0.3, -0.25) is 4.79 Å². The van der Waals surface area contributed by atoms with Crippen molar-refractivity contribution in [3.8, 4) is 5.13 Å². The SMILES string of the molecule is CCCCC(=O)NCCc1csc(-n2cccn2)n1. The maximum atomic E-state index is 11.4. The van der Waals surface area contributed by atoms with Gasteiger partial charge >= 0.3 is 0 Å². The number of nitrogens with zero attached hydrogens (tertiary/aromatic N) is 3. The second-order valence-corrected chi connectivity index (χ2v) is 5.11. The lowest BCUT2D eigenvalue weighted by atomic mass is 10.2. The Balaban J connectivity index is 1.76. The van der Waals surface area contributed by atoms with E-state index < -0.39 is 0 Å². The lowest BCUT2D eigenvalue weighted by molar-refractivity contribution is -0.121. The smallest absolute Gasteiger partial charge is 0.220 e. The molecule has 0 atom stereocenters. The molecule has 0 spiro atoms. The quantitative estimate of drug-likeness (QED) is 0.844. The number of amides is 1. The molecule has 0 saturated heterocycles. The number of nitrogens with one attached hydrogen (secondary N) is 1. The van der Waals surface area contributed by atoms with Gasteiger partial charge in [-0.05, 0) is 12.5 Å². The summed E-state index contributed by atoms with van der Waals surface area (Å²) in [7, 11) is 0. The van der Waals surface area contributed by atoms with Crippen molar-refractivity contribution in [2.75, 3.05) is 6.54 Å². The molecule has 1 N–H and O–H groups in total. The molecule has 0 aromatic carbocycles. The van der Waals surface area contributed by atoms with Gasteiger partial charge in [0.2, 0.25) is 11.0 Å². The Morgan fingerprint density at radius 1 is 1.53 bits per heavy atom. The summed E-state index contributed by atoms with van der Waals surface area (Å²) in [4.78, 5) is 15.9. The van der Waals surface area contributed by atoms with Crippen LogP contribution in [-0.2, 0) is 11.2 Å². The summed E-state index contributed by atoms with van der Waals surface area (Å²) >= 11 is 1.56. The lowest BCUT2D eigenvalue weighted by Gasteiger charge is -2.02. The Bertz CT molecular complexity index is 506. The summed E-state index contributed by atoms with van der Waals surface area (Å²) in [6.07, 6.45) is 6.98. The summed E-state index contributed by atoms with van der Waals surface area (Å²) in [5.41, 5.74) is 0.992. The molecule has 0 aliphatic heterocycles. The van der Waals surface area contributed by atoms with Gasteiger partial charge in [0.05, 0.1) is 5.69 Å². The van der Waals surface area contributed by atoms with Crippen LogP contribution in [0.5, 0.6) is 0 Å². The number of carbonyl (C=O) groups excluding carboxylic acids is 1. The summed E-state index contributed by atoms with van der Waals surface area (Å²) in [5.74, 6) is 0.129. The third-order valence-electron chi connectivity index (χ3n) is 2.70. The molecule has 0 aliphatic carbocycles. The van der Waals surface area contributed by atoms with E-state index >= 15 is 0 Å². The number of hydrogen-bond acceptors (Lipinski definition) is 4. The van der Waals surface area contributed by atoms with Crippen molar-refractivity contribution in [2.45, 2.75) is 32.6 Å². The first-order valence-corrected chi connectivity index (χ1v) is 7.38. The van der Waals surface area contributed by atoms with Crippen molar-refractivity contribution in [1.82, 2.24) is 20.1 Å². The van der Waals surface area contributed by atoms with Gasteiger partial charge in [0.25, 0.3) is 0 Å². The monoisotopic (exact) mass is 278 g/mol. The zero-order valence-electron chi connectivity index (χ0n) is 11.0. The second kappa shape index (κ2) is 7.04. The number of rotatable bonds is 7. The van der Waals surface area contributed by atoms with Crippen LogP contribution in [-0.4, -0.2) is 27.2 Å². The zero-order chi connectivity index (χ0) is 13.5. The van der Waals surface area contributed by atoms with Crippen LogP contribution in [0.3, 0.4) is 0 Å². The molecule has 0 aliphatic rings. The number of thiazole rings is 1. The minimum Gasteiger partial charge on any atom is -0.356 e. The molecule has 2 heterocycles. The molecule has 0 fully saturated rings.